The van der Waals surface area contributed by atoms with Crippen LogP contribution in [0, 0.1) is 25.2 Å². The van der Waals surface area contributed by atoms with E-state index in [0.29, 0.717) is 22.6 Å². The zero-order valence-corrected chi connectivity index (χ0v) is 10.8. The minimum atomic E-state index is 0.499. The number of hydrogen-bond donors (Lipinski definition) is 0. The number of carbonyl (C=O) groups excluding carboxylic acids is 1. The topological polar surface area (TPSA) is 50.1 Å². The van der Waals surface area contributed by atoms with E-state index < -0.39 is 0 Å². The highest BCUT2D eigenvalue weighted by atomic mass is 16.5. The summed E-state index contributed by atoms with van der Waals surface area (Å²) in [5.41, 5.74) is 2.94. The van der Waals surface area contributed by atoms with Gasteiger partial charge in [0.2, 0.25) is 0 Å². The number of benzene rings is 2. The van der Waals surface area contributed by atoms with Gasteiger partial charge in [-0.15, -0.1) is 0 Å². The van der Waals surface area contributed by atoms with Crippen LogP contribution < -0.4 is 4.74 Å². The molecule has 0 saturated heterocycles. The Morgan fingerprint density at radius 3 is 2.58 bits per heavy atom. The van der Waals surface area contributed by atoms with Crippen molar-refractivity contribution in [2.75, 3.05) is 0 Å². The number of nitriles is 1. The molecular weight excluding hydrogens is 238 g/mol. The molecule has 0 aliphatic rings. The van der Waals surface area contributed by atoms with Gasteiger partial charge in [-0.1, -0.05) is 17.7 Å². The maximum absolute atomic E-state index is 11.0. The van der Waals surface area contributed by atoms with Crippen molar-refractivity contribution >= 4 is 6.29 Å². The molecule has 0 aromatic heterocycles. The number of aryl methyl sites for hydroxylation is 2. The summed E-state index contributed by atoms with van der Waals surface area (Å²) < 4.78 is 5.75. The molecule has 0 N–H and O–H groups in total. The minimum absolute atomic E-state index is 0.499. The third-order valence-electron chi connectivity index (χ3n) is 2.83. The molecule has 0 saturated carbocycles. The van der Waals surface area contributed by atoms with Gasteiger partial charge in [-0.25, -0.2) is 0 Å². The summed E-state index contributed by atoms with van der Waals surface area (Å²) in [4.78, 5) is 11.0. The molecule has 0 bridgehead atoms. The maximum Gasteiger partial charge on any atom is 0.153 e. The summed E-state index contributed by atoms with van der Waals surface area (Å²) in [7, 11) is 0. The van der Waals surface area contributed by atoms with E-state index in [-0.39, 0.29) is 0 Å². The first-order valence-electron chi connectivity index (χ1n) is 5.88. The molecule has 3 nitrogen and oxygen atoms in total. The molecule has 0 aliphatic heterocycles. The standard InChI is InChI=1S/C16H13NO2/c1-11-3-6-15(14(7-11)10-18)19-16-8-13(9-17)5-4-12(16)2/h3-8,10H,1-2H3. The van der Waals surface area contributed by atoms with Crippen LogP contribution in [0.1, 0.15) is 27.0 Å². The molecule has 0 radical (unpaired) electrons. The van der Waals surface area contributed by atoms with Gasteiger partial charge in [0.05, 0.1) is 17.2 Å². The molecule has 0 spiro atoms. The summed E-state index contributed by atoms with van der Waals surface area (Å²) >= 11 is 0. The van der Waals surface area contributed by atoms with Crippen LogP contribution in [0.2, 0.25) is 0 Å². The van der Waals surface area contributed by atoms with Crippen molar-refractivity contribution in [3.05, 3.63) is 58.7 Å². The molecule has 3 heteroatoms. The zero-order chi connectivity index (χ0) is 13.8. The molecule has 2 aromatic carbocycles. The van der Waals surface area contributed by atoms with Crippen LogP contribution in [0.15, 0.2) is 36.4 Å². The number of carbonyl (C=O) groups is 1. The van der Waals surface area contributed by atoms with Crippen LogP contribution >= 0.6 is 0 Å². The lowest BCUT2D eigenvalue weighted by atomic mass is 10.1. The second kappa shape index (κ2) is 5.36. The molecule has 0 fully saturated rings. The van der Waals surface area contributed by atoms with Crippen molar-refractivity contribution in [1.82, 2.24) is 0 Å². The predicted molar refractivity (Wildman–Crippen MR) is 72.5 cm³/mol. The van der Waals surface area contributed by atoms with E-state index in [9.17, 15) is 4.79 Å². The highest BCUT2D eigenvalue weighted by Gasteiger charge is 2.07. The van der Waals surface area contributed by atoms with Crippen LogP contribution in [-0.4, -0.2) is 6.29 Å². The molecule has 0 heterocycles. The highest BCUT2D eigenvalue weighted by Crippen LogP contribution is 2.28. The third-order valence-corrected chi connectivity index (χ3v) is 2.83. The molecule has 0 amide bonds. The van der Waals surface area contributed by atoms with Gasteiger partial charge in [0.1, 0.15) is 11.5 Å². The third kappa shape index (κ3) is 2.80. The van der Waals surface area contributed by atoms with Crippen molar-refractivity contribution in [3.8, 4) is 17.6 Å². The van der Waals surface area contributed by atoms with Crippen molar-refractivity contribution < 1.29 is 9.53 Å². The molecule has 2 aromatic rings. The Labute approximate surface area is 112 Å². The van der Waals surface area contributed by atoms with Crippen molar-refractivity contribution in [2.45, 2.75) is 13.8 Å². The molecule has 94 valence electrons. The van der Waals surface area contributed by atoms with E-state index in [0.717, 1.165) is 17.4 Å². The van der Waals surface area contributed by atoms with Crippen molar-refractivity contribution in [1.29, 1.82) is 5.26 Å². The minimum Gasteiger partial charge on any atom is -0.456 e. The van der Waals surface area contributed by atoms with Gasteiger partial charge in [0.25, 0.3) is 0 Å². The smallest absolute Gasteiger partial charge is 0.153 e. The van der Waals surface area contributed by atoms with Gasteiger partial charge in [-0.2, -0.15) is 5.26 Å². The summed E-state index contributed by atoms with van der Waals surface area (Å²) in [5, 5.41) is 8.89. The summed E-state index contributed by atoms with van der Waals surface area (Å²) in [6.07, 6.45) is 0.770. The molecule has 19 heavy (non-hydrogen) atoms. The average Bonchev–Trinajstić information content (AvgIpc) is 2.43. The average molecular weight is 251 g/mol. The van der Waals surface area contributed by atoms with Crippen LogP contribution in [-0.2, 0) is 0 Å². The summed E-state index contributed by atoms with van der Waals surface area (Å²) in [5.74, 6) is 1.09. The first kappa shape index (κ1) is 12.8. The normalized spacial score (nSPS) is 9.74. The predicted octanol–water partition coefficient (Wildman–Crippen LogP) is 3.78. The molecule has 0 unspecified atom stereocenters. The van der Waals surface area contributed by atoms with E-state index in [4.69, 9.17) is 10.00 Å². The van der Waals surface area contributed by atoms with E-state index in [1.165, 1.54) is 0 Å². The van der Waals surface area contributed by atoms with Crippen LogP contribution in [0.25, 0.3) is 0 Å². The number of hydrogen-bond acceptors (Lipinski definition) is 3. The van der Waals surface area contributed by atoms with Crippen molar-refractivity contribution in [2.24, 2.45) is 0 Å². The number of aldehydes is 1. The van der Waals surface area contributed by atoms with Gasteiger partial charge in [0, 0.05) is 0 Å². The SMILES string of the molecule is Cc1ccc(Oc2cc(C#N)ccc2C)c(C=O)c1. The second-order valence-corrected chi connectivity index (χ2v) is 4.35. The first-order chi connectivity index (χ1) is 9.13. The number of nitrogens with zero attached hydrogens (tertiary/aromatic N) is 1. The quantitative estimate of drug-likeness (QED) is 0.780. The Hall–Kier alpha value is -2.60. The first-order valence-corrected chi connectivity index (χ1v) is 5.88. The van der Waals surface area contributed by atoms with Crippen molar-refractivity contribution in [3.63, 3.8) is 0 Å². The lowest BCUT2D eigenvalue weighted by Gasteiger charge is -2.11. The fourth-order valence-corrected chi connectivity index (χ4v) is 1.75. The lowest BCUT2D eigenvalue weighted by Crippen LogP contribution is -1.93. The van der Waals surface area contributed by atoms with Gasteiger partial charge < -0.3 is 4.74 Å². The second-order valence-electron chi connectivity index (χ2n) is 4.35. The monoisotopic (exact) mass is 251 g/mol. The lowest BCUT2D eigenvalue weighted by molar-refractivity contribution is 0.112. The summed E-state index contributed by atoms with van der Waals surface area (Å²) in [6.45, 7) is 3.81. The highest BCUT2D eigenvalue weighted by molar-refractivity contribution is 5.79. The largest absolute Gasteiger partial charge is 0.456 e. The number of rotatable bonds is 3. The van der Waals surface area contributed by atoms with Gasteiger partial charge >= 0.3 is 0 Å². The van der Waals surface area contributed by atoms with Crippen LogP contribution in [0.4, 0.5) is 0 Å². The fraction of sp³-hybridized carbons (Fsp3) is 0.125. The fourth-order valence-electron chi connectivity index (χ4n) is 1.75. The zero-order valence-electron chi connectivity index (χ0n) is 10.8. The van der Waals surface area contributed by atoms with Gasteiger partial charge in [-0.05, 0) is 43.7 Å². The molecule has 2 rings (SSSR count). The Balaban J connectivity index is 2.41. The van der Waals surface area contributed by atoms with E-state index in [1.54, 1.807) is 24.3 Å². The van der Waals surface area contributed by atoms with Crippen LogP contribution in [0.3, 0.4) is 0 Å². The van der Waals surface area contributed by atoms with Gasteiger partial charge in [0.15, 0.2) is 6.29 Å². The van der Waals surface area contributed by atoms with Gasteiger partial charge in [-0.3, -0.25) is 4.79 Å². The Morgan fingerprint density at radius 2 is 1.89 bits per heavy atom. The van der Waals surface area contributed by atoms with Crippen LogP contribution in [0.5, 0.6) is 11.5 Å². The Bertz CT molecular complexity index is 669. The van der Waals surface area contributed by atoms with E-state index >= 15 is 0 Å². The Kier molecular flexibility index (Phi) is 3.63. The molecular formula is C16H13NO2. The van der Waals surface area contributed by atoms with E-state index in [1.807, 2.05) is 26.0 Å². The Morgan fingerprint density at radius 1 is 1.11 bits per heavy atom. The number of ether oxygens (including phenoxy) is 1. The molecule has 0 atom stereocenters. The molecule has 0 aliphatic carbocycles. The van der Waals surface area contributed by atoms with E-state index in [2.05, 4.69) is 6.07 Å². The summed E-state index contributed by atoms with van der Waals surface area (Å²) in [6, 6.07) is 12.7. The maximum atomic E-state index is 11.0.